The molecule has 0 bridgehead atoms. The fraction of sp³-hybridized carbons (Fsp3) is 0.231. The zero-order valence-electron chi connectivity index (χ0n) is 10.5. The molecule has 0 aliphatic carbocycles. The van der Waals surface area contributed by atoms with Crippen molar-refractivity contribution >= 4 is 5.97 Å². The zero-order valence-corrected chi connectivity index (χ0v) is 10.5. The van der Waals surface area contributed by atoms with Crippen LogP contribution in [-0.2, 0) is 0 Å². The van der Waals surface area contributed by atoms with Gasteiger partial charge in [0.1, 0.15) is 11.9 Å². The summed E-state index contributed by atoms with van der Waals surface area (Å²) in [5.41, 5.74) is 0.958. The van der Waals surface area contributed by atoms with Gasteiger partial charge in [0.15, 0.2) is 0 Å². The largest absolute Gasteiger partial charge is 0.475 e. The third-order valence-corrected chi connectivity index (χ3v) is 2.59. The van der Waals surface area contributed by atoms with E-state index in [0.29, 0.717) is 17.1 Å². The lowest BCUT2D eigenvalue weighted by Gasteiger charge is -2.09. The van der Waals surface area contributed by atoms with Crippen LogP contribution in [0.1, 0.15) is 41.8 Å². The maximum atomic E-state index is 11.0. The Labute approximate surface area is 109 Å². The van der Waals surface area contributed by atoms with Gasteiger partial charge in [-0.3, -0.25) is 0 Å². The molecule has 0 unspecified atom stereocenters. The Balaban J connectivity index is 2.67. The van der Waals surface area contributed by atoms with E-state index in [0.717, 1.165) is 0 Å². The fourth-order valence-electron chi connectivity index (χ4n) is 1.72. The molecule has 1 aromatic carbocycles. The van der Waals surface area contributed by atoms with Crippen LogP contribution in [0.3, 0.4) is 0 Å². The van der Waals surface area contributed by atoms with Crippen LogP contribution in [0.4, 0.5) is 0 Å². The van der Waals surface area contributed by atoms with E-state index in [4.69, 9.17) is 10.4 Å². The number of nitriles is 1. The molecule has 2 aromatic rings. The second-order valence-corrected chi connectivity index (χ2v) is 4.29. The summed E-state index contributed by atoms with van der Waals surface area (Å²) in [7, 11) is 0. The van der Waals surface area contributed by atoms with Gasteiger partial charge in [0, 0.05) is 5.92 Å². The molecule has 0 aliphatic rings. The maximum absolute atomic E-state index is 11.0. The first-order valence-electron chi connectivity index (χ1n) is 5.74. The van der Waals surface area contributed by atoms with Crippen molar-refractivity contribution in [2.75, 3.05) is 0 Å². The SMILES string of the molecule is CC(C)c1nc(C(=O)O)nn1-c1ccccc1C#N. The third kappa shape index (κ3) is 2.31. The molecule has 1 N–H and O–H groups in total. The molecule has 6 nitrogen and oxygen atoms in total. The smallest absolute Gasteiger partial charge is 0.375 e. The first-order valence-corrected chi connectivity index (χ1v) is 5.74. The molecule has 0 atom stereocenters. The van der Waals surface area contributed by atoms with Gasteiger partial charge in [0.2, 0.25) is 0 Å². The average molecular weight is 256 g/mol. The molecular formula is C13H12N4O2. The van der Waals surface area contributed by atoms with Crippen LogP contribution < -0.4 is 0 Å². The minimum atomic E-state index is -1.19. The van der Waals surface area contributed by atoms with Gasteiger partial charge >= 0.3 is 5.97 Å². The van der Waals surface area contributed by atoms with Crippen LogP contribution >= 0.6 is 0 Å². The molecule has 0 aliphatic heterocycles. The second kappa shape index (κ2) is 4.90. The van der Waals surface area contributed by atoms with Crippen LogP contribution in [-0.4, -0.2) is 25.8 Å². The Morgan fingerprint density at radius 1 is 1.42 bits per heavy atom. The minimum absolute atomic E-state index is 0.00708. The maximum Gasteiger partial charge on any atom is 0.375 e. The fourth-order valence-corrected chi connectivity index (χ4v) is 1.72. The molecule has 0 amide bonds. The highest BCUT2D eigenvalue weighted by Gasteiger charge is 2.19. The zero-order chi connectivity index (χ0) is 14.0. The number of hydrogen-bond donors (Lipinski definition) is 1. The summed E-state index contributed by atoms with van der Waals surface area (Å²) in [5.74, 6) is -0.945. The number of carboxylic acid groups (broad SMARTS) is 1. The molecule has 96 valence electrons. The monoisotopic (exact) mass is 256 g/mol. The van der Waals surface area contributed by atoms with E-state index in [1.165, 1.54) is 4.68 Å². The van der Waals surface area contributed by atoms with E-state index in [-0.39, 0.29) is 11.7 Å². The Hall–Kier alpha value is -2.68. The molecule has 0 saturated heterocycles. The van der Waals surface area contributed by atoms with Crippen molar-refractivity contribution in [3.8, 4) is 11.8 Å². The van der Waals surface area contributed by atoms with E-state index in [9.17, 15) is 4.79 Å². The van der Waals surface area contributed by atoms with E-state index in [1.54, 1.807) is 24.3 Å². The van der Waals surface area contributed by atoms with Crippen LogP contribution in [0, 0.1) is 11.3 Å². The quantitative estimate of drug-likeness (QED) is 0.906. The molecule has 6 heteroatoms. The van der Waals surface area contributed by atoms with Crippen molar-refractivity contribution in [2.24, 2.45) is 0 Å². The topological polar surface area (TPSA) is 91.8 Å². The molecule has 0 saturated carbocycles. The highest BCUT2D eigenvalue weighted by molar-refractivity contribution is 5.83. The van der Waals surface area contributed by atoms with Crippen molar-refractivity contribution < 1.29 is 9.90 Å². The number of carboxylic acids is 1. The predicted octanol–water partition coefficient (Wildman–Crippen LogP) is 1.96. The highest BCUT2D eigenvalue weighted by atomic mass is 16.4. The van der Waals surface area contributed by atoms with Gasteiger partial charge in [-0.15, -0.1) is 5.10 Å². The number of hydrogen-bond acceptors (Lipinski definition) is 4. The number of benzene rings is 1. The molecule has 0 radical (unpaired) electrons. The van der Waals surface area contributed by atoms with E-state index in [2.05, 4.69) is 16.2 Å². The van der Waals surface area contributed by atoms with Crippen LogP contribution in [0.2, 0.25) is 0 Å². The lowest BCUT2D eigenvalue weighted by molar-refractivity contribution is 0.0683. The summed E-state index contributed by atoms with van der Waals surface area (Å²) in [6, 6.07) is 8.94. The van der Waals surface area contributed by atoms with Crippen molar-refractivity contribution in [2.45, 2.75) is 19.8 Å². The first kappa shape index (κ1) is 12.8. The molecule has 1 aromatic heterocycles. The van der Waals surface area contributed by atoms with Crippen molar-refractivity contribution in [1.29, 1.82) is 5.26 Å². The van der Waals surface area contributed by atoms with Gasteiger partial charge in [0.25, 0.3) is 5.82 Å². The number of rotatable bonds is 3. The number of para-hydroxylation sites is 1. The summed E-state index contributed by atoms with van der Waals surface area (Å²) in [6.45, 7) is 3.78. The molecule has 0 spiro atoms. The van der Waals surface area contributed by atoms with Gasteiger partial charge in [-0.2, -0.15) is 5.26 Å². The Bertz CT molecular complexity index is 668. The van der Waals surface area contributed by atoms with Crippen molar-refractivity contribution in [1.82, 2.24) is 14.8 Å². The van der Waals surface area contributed by atoms with E-state index >= 15 is 0 Å². The highest BCUT2D eigenvalue weighted by Crippen LogP contribution is 2.20. The van der Waals surface area contributed by atoms with Gasteiger partial charge in [0.05, 0.1) is 11.3 Å². The van der Waals surface area contributed by atoms with Gasteiger partial charge in [-0.25, -0.2) is 14.5 Å². The molecule has 1 heterocycles. The van der Waals surface area contributed by atoms with Crippen molar-refractivity contribution in [3.63, 3.8) is 0 Å². The van der Waals surface area contributed by atoms with Crippen LogP contribution in [0.15, 0.2) is 24.3 Å². The van der Waals surface area contributed by atoms with Crippen LogP contribution in [0.25, 0.3) is 5.69 Å². The van der Waals surface area contributed by atoms with E-state index in [1.807, 2.05) is 13.8 Å². The van der Waals surface area contributed by atoms with Gasteiger partial charge in [-0.05, 0) is 12.1 Å². The van der Waals surface area contributed by atoms with E-state index < -0.39 is 5.97 Å². The summed E-state index contributed by atoms with van der Waals surface area (Å²) >= 11 is 0. The lowest BCUT2D eigenvalue weighted by Crippen LogP contribution is -2.06. The molecule has 0 fully saturated rings. The summed E-state index contributed by atoms with van der Waals surface area (Å²) < 4.78 is 1.42. The molecule has 19 heavy (non-hydrogen) atoms. The summed E-state index contributed by atoms with van der Waals surface area (Å²) in [5, 5.41) is 22.0. The number of aromatic carboxylic acids is 1. The Morgan fingerprint density at radius 3 is 2.68 bits per heavy atom. The number of aromatic nitrogens is 3. The molecule has 2 rings (SSSR count). The Kier molecular flexibility index (Phi) is 3.29. The predicted molar refractivity (Wildman–Crippen MR) is 67.1 cm³/mol. The van der Waals surface area contributed by atoms with Gasteiger partial charge in [-0.1, -0.05) is 26.0 Å². The van der Waals surface area contributed by atoms with Crippen molar-refractivity contribution in [3.05, 3.63) is 41.5 Å². The first-order chi connectivity index (χ1) is 9.04. The number of carbonyl (C=O) groups is 1. The van der Waals surface area contributed by atoms with Gasteiger partial charge < -0.3 is 5.11 Å². The summed E-state index contributed by atoms with van der Waals surface area (Å²) in [4.78, 5) is 15.0. The standard InChI is InChI=1S/C13H12N4O2/c1-8(2)12-15-11(13(18)19)16-17(12)10-6-4-3-5-9(10)7-14/h3-6,8H,1-2H3,(H,18,19). The second-order valence-electron chi connectivity index (χ2n) is 4.29. The number of nitrogens with zero attached hydrogens (tertiary/aromatic N) is 4. The normalized spacial score (nSPS) is 10.4. The lowest BCUT2D eigenvalue weighted by atomic mass is 10.1. The Morgan fingerprint density at radius 2 is 2.11 bits per heavy atom. The van der Waals surface area contributed by atoms with Crippen LogP contribution in [0.5, 0.6) is 0 Å². The average Bonchev–Trinajstić information content (AvgIpc) is 2.83. The summed E-state index contributed by atoms with van der Waals surface area (Å²) in [6.07, 6.45) is 0. The molecular weight excluding hydrogens is 244 g/mol. The minimum Gasteiger partial charge on any atom is -0.475 e. The third-order valence-electron chi connectivity index (χ3n) is 2.59.